The van der Waals surface area contributed by atoms with Crippen molar-refractivity contribution in [3.05, 3.63) is 52.0 Å². The number of aliphatic hydroxyl groups is 3. The van der Waals surface area contributed by atoms with Crippen LogP contribution in [0, 0.1) is 5.92 Å². The first-order chi connectivity index (χ1) is 14.5. The van der Waals surface area contributed by atoms with E-state index in [2.05, 4.69) is 5.32 Å². The minimum Gasteiger partial charge on any atom is -0.510 e. The average Bonchev–Trinajstić information content (AvgIpc) is 3.39. The molecule has 1 amide bonds. The quantitative estimate of drug-likeness (QED) is 0.264. The number of Topliss-reactive ketones (excluding diaryl/α,β-unsaturated/α-hetero) is 2. The van der Waals surface area contributed by atoms with E-state index in [1.54, 1.807) is 26.2 Å². The summed E-state index contributed by atoms with van der Waals surface area (Å²) in [6, 6.07) is 3.17. The van der Waals surface area contributed by atoms with E-state index >= 15 is 0 Å². The van der Waals surface area contributed by atoms with Crippen LogP contribution in [0.4, 0.5) is 0 Å². The van der Waals surface area contributed by atoms with Crippen LogP contribution in [0.15, 0.2) is 40.9 Å². The lowest BCUT2D eigenvalue weighted by atomic mass is 9.58. The Morgan fingerprint density at radius 2 is 1.90 bits per heavy atom. The monoisotopic (exact) mass is 427 g/mol. The van der Waals surface area contributed by atoms with Gasteiger partial charge in [-0.15, -0.1) is 0 Å². The summed E-state index contributed by atoms with van der Waals surface area (Å²) in [5.41, 5.74) is 1.08. The maximum Gasteiger partial charge on any atom is 0.255 e. The van der Waals surface area contributed by atoms with Gasteiger partial charge in [-0.2, -0.15) is 0 Å². The number of rotatable bonds is 2. The van der Waals surface area contributed by atoms with E-state index in [9.17, 15) is 34.8 Å². The molecule has 0 saturated carbocycles. The second-order valence-electron chi connectivity index (χ2n) is 8.78. The SMILES string of the molecule is CN(C)[C@@H]1C(O)=C(C(N)=O)C(=O)[C@@]2(O)C(O)=C3C(=O)c4c(O)cccc4[C@@H]4N[C@]34C[C@@H]12. The Kier molecular flexibility index (Phi) is 3.64. The largest absolute Gasteiger partial charge is 0.510 e. The lowest BCUT2D eigenvalue weighted by molar-refractivity contribution is -0.148. The summed E-state index contributed by atoms with van der Waals surface area (Å²) in [4.78, 5) is 39.9. The van der Waals surface area contributed by atoms with E-state index in [1.165, 1.54) is 11.0 Å². The summed E-state index contributed by atoms with van der Waals surface area (Å²) in [5.74, 6) is -6.05. The van der Waals surface area contributed by atoms with Crippen LogP contribution >= 0.6 is 0 Å². The molecule has 5 rings (SSSR count). The van der Waals surface area contributed by atoms with Crippen molar-refractivity contribution in [1.82, 2.24) is 10.2 Å². The molecule has 1 spiro atoms. The number of phenolic OH excluding ortho intramolecular Hbond substituents is 1. The Labute approximate surface area is 176 Å². The first kappa shape index (κ1) is 19.7. The molecule has 0 bridgehead atoms. The Morgan fingerprint density at radius 1 is 1.23 bits per heavy atom. The Morgan fingerprint density at radius 3 is 2.52 bits per heavy atom. The van der Waals surface area contributed by atoms with Gasteiger partial charge in [-0.25, -0.2) is 0 Å². The van der Waals surface area contributed by atoms with Gasteiger partial charge in [-0.1, -0.05) is 12.1 Å². The molecule has 7 N–H and O–H groups in total. The van der Waals surface area contributed by atoms with Crippen LogP contribution in [0.3, 0.4) is 0 Å². The third kappa shape index (κ3) is 2.09. The molecule has 1 heterocycles. The smallest absolute Gasteiger partial charge is 0.255 e. The molecule has 0 aromatic heterocycles. The van der Waals surface area contributed by atoms with Crippen LogP contribution < -0.4 is 11.1 Å². The van der Waals surface area contributed by atoms with Gasteiger partial charge in [0.2, 0.25) is 5.78 Å². The molecule has 4 aliphatic rings. The number of aromatic hydroxyl groups is 1. The van der Waals surface area contributed by atoms with Crippen molar-refractivity contribution in [2.24, 2.45) is 11.7 Å². The van der Waals surface area contributed by atoms with Gasteiger partial charge >= 0.3 is 0 Å². The normalized spacial score (nSPS) is 36.1. The van der Waals surface area contributed by atoms with Crippen molar-refractivity contribution in [1.29, 1.82) is 0 Å². The lowest BCUT2D eigenvalue weighted by Crippen LogP contribution is -2.65. The number of nitrogens with two attached hydrogens (primary N) is 1. The molecule has 0 unspecified atom stereocenters. The van der Waals surface area contributed by atoms with E-state index in [0.29, 0.717) is 5.56 Å². The zero-order valence-corrected chi connectivity index (χ0v) is 16.7. The third-order valence-corrected chi connectivity index (χ3v) is 7.07. The van der Waals surface area contributed by atoms with Crippen LogP contribution in [0.25, 0.3) is 0 Å². The van der Waals surface area contributed by atoms with Gasteiger partial charge in [-0.3, -0.25) is 24.6 Å². The number of carbonyl (C=O) groups is 3. The average molecular weight is 427 g/mol. The number of amides is 1. The molecule has 1 saturated heterocycles. The Balaban J connectivity index is 1.79. The molecule has 1 aromatic carbocycles. The number of hydrogen-bond donors (Lipinski definition) is 6. The van der Waals surface area contributed by atoms with Gasteiger partial charge in [0.25, 0.3) is 5.91 Å². The van der Waals surface area contributed by atoms with Gasteiger partial charge in [-0.05, 0) is 32.1 Å². The zero-order chi connectivity index (χ0) is 22.6. The van der Waals surface area contributed by atoms with Crippen LogP contribution in [-0.2, 0) is 9.59 Å². The second-order valence-corrected chi connectivity index (χ2v) is 8.78. The summed E-state index contributed by atoms with van der Waals surface area (Å²) in [6.45, 7) is 0. The number of hydrogen-bond acceptors (Lipinski definition) is 9. The maximum absolute atomic E-state index is 13.3. The molecule has 5 atom stereocenters. The molecule has 1 fully saturated rings. The van der Waals surface area contributed by atoms with Gasteiger partial charge in [0.1, 0.15) is 22.8 Å². The fourth-order valence-electron chi connectivity index (χ4n) is 5.71. The number of nitrogens with one attached hydrogen (secondary N) is 1. The van der Waals surface area contributed by atoms with Crippen LogP contribution in [0.2, 0.25) is 0 Å². The number of ketones is 2. The fourth-order valence-corrected chi connectivity index (χ4v) is 5.71. The van der Waals surface area contributed by atoms with Crippen LogP contribution in [-0.4, -0.2) is 74.1 Å². The molecule has 31 heavy (non-hydrogen) atoms. The van der Waals surface area contributed by atoms with Crippen LogP contribution in [0.1, 0.15) is 28.4 Å². The van der Waals surface area contributed by atoms with Crippen molar-refractivity contribution in [3.63, 3.8) is 0 Å². The molecule has 162 valence electrons. The number of nitrogens with zero attached hydrogens (tertiary/aromatic N) is 1. The van der Waals surface area contributed by atoms with E-state index < -0.39 is 63.7 Å². The Bertz CT molecular complexity index is 1170. The zero-order valence-electron chi connectivity index (χ0n) is 16.7. The number of primary amides is 1. The van der Waals surface area contributed by atoms with Gasteiger partial charge in [0.05, 0.1) is 28.8 Å². The van der Waals surface area contributed by atoms with Crippen molar-refractivity contribution in [3.8, 4) is 5.75 Å². The van der Waals surface area contributed by atoms with E-state index in [1.807, 2.05) is 0 Å². The highest BCUT2D eigenvalue weighted by Crippen LogP contribution is 2.63. The third-order valence-electron chi connectivity index (χ3n) is 7.07. The summed E-state index contributed by atoms with van der Waals surface area (Å²) >= 11 is 0. The topological polar surface area (TPSA) is 183 Å². The fraction of sp³-hybridized carbons (Fsp3) is 0.381. The molecular formula is C21H21N3O7. The number of fused-ring (bicyclic) bond motifs is 3. The standard InChI is InChI=1S/C21H21N3O7/c1-24(2)13-8-6-20-12(14(26)10-7(16(20)23-20)4-3-5-9(10)25)18(29)21(8,31)17(28)11(15(13)27)19(22)30/h3-5,8,13,16,23,25,27,29,31H,6H2,1-2H3,(H2,22,30)/t8-,13-,16-,20+,21+/m0/s1. The number of phenols is 1. The van der Waals surface area contributed by atoms with Gasteiger partial charge < -0.3 is 26.2 Å². The molecule has 1 aromatic rings. The second kappa shape index (κ2) is 5.72. The van der Waals surface area contributed by atoms with Crippen molar-refractivity contribution in [2.75, 3.05) is 14.1 Å². The van der Waals surface area contributed by atoms with Gasteiger partial charge in [0.15, 0.2) is 11.4 Å². The van der Waals surface area contributed by atoms with E-state index in [4.69, 9.17) is 5.73 Å². The summed E-state index contributed by atoms with van der Waals surface area (Å²) in [5, 5.41) is 46.8. The molecule has 3 aliphatic carbocycles. The number of carbonyl (C=O) groups excluding carboxylic acids is 3. The molecule has 0 radical (unpaired) electrons. The highest BCUT2D eigenvalue weighted by molar-refractivity contribution is 6.25. The Hall–Kier alpha value is -3.21. The summed E-state index contributed by atoms with van der Waals surface area (Å²) < 4.78 is 0. The number of benzene rings is 1. The van der Waals surface area contributed by atoms with Gasteiger partial charge in [0, 0.05) is 5.92 Å². The molecule has 10 heteroatoms. The summed E-state index contributed by atoms with van der Waals surface area (Å²) in [7, 11) is 3.17. The molecule has 1 aliphatic heterocycles. The lowest BCUT2D eigenvalue weighted by Gasteiger charge is -2.49. The minimum absolute atomic E-state index is 0.0130. The van der Waals surface area contributed by atoms with Crippen molar-refractivity contribution in [2.45, 2.75) is 29.6 Å². The maximum atomic E-state index is 13.3. The first-order valence-electron chi connectivity index (χ1n) is 9.73. The minimum atomic E-state index is -2.64. The number of likely N-dealkylation sites (N-methyl/N-ethyl adjacent to an activating group) is 1. The highest BCUT2D eigenvalue weighted by Gasteiger charge is 2.73. The summed E-state index contributed by atoms with van der Waals surface area (Å²) in [6.07, 6.45) is 0.0130. The molecule has 10 nitrogen and oxygen atoms in total. The first-order valence-corrected chi connectivity index (χ1v) is 9.73. The molecular weight excluding hydrogens is 406 g/mol. The highest BCUT2D eigenvalue weighted by atomic mass is 16.3. The van der Waals surface area contributed by atoms with Crippen molar-refractivity contribution >= 4 is 17.5 Å². The van der Waals surface area contributed by atoms with Crippen molar-refractivity contribution < 1.29 is 34.8 Å². The predicted octanol–water partition coefficient (Wildman–Crippen LogP) is -0.655. The van der Waals surface area contributed by atoms with E-state index in [0.717, 1.165) is 0 Å². The predicted molar refractivity (Wildman–Crippen MR) is 105 cm³/mol. The van der Waals surface area contributed by atoms with Crippen LogP contribution in [0.5, 0.6) is 5.75 Å². The van der Waals surface area contributed by atoms with E-state index in [-0.39, 0.29) is 23.3 Å². The number of aliphatic hydroxyl groups excluding tert-OH is 2.